The average molecular weight is 360 g/mol. The maximum Gasteiger partial charge on any atom is 0.269 e. The smallest absolute Gasteiger partial charge is 0.269 e. The number of carbonyl (C=O) groups is 1. The van der Waals surface area contributed by atoms with Crippen LogP contribution in [0.3, 0.4) is 0 Å². The number of halogens is 2. The molecule has 25 heavy (non-hydrogen) atoms. The van der Waals surface area contributed by atoms with E-state index in [0.29, 0.717) is 17.8 Å². The van der Waals surface area contributed by atoms with Gasteiger partial charge in [0.2, 0.25) is 0 Å². The molecule has 3 heterocycles. The molecule has 0 radical (unpaired) electrons. The van der Waals surface area contributed by atoms with E-state index in [9.17, 15) is 13.6 Å². The van der Waals surface area contributed by atoms with Gasteiger partial charge >= 0.3 is 0 Å². The van der Waals surface area contributed by atoms with Crippen molar-refractivity contribution >= 4 is 17.2 Å². The fourth-order valence-electron chi connectivity index (χ4n) is 2.76. The van der Waals surface area contributed by atoms with Crippen molar-refractivity contribution in [2.45, 2.75) is 12.7 Å². The fraction of sp³-hybridized carbons (Fsp3) is 0.176. The molecule has 0 fully saturated rings. The molecule has 1 aliphatic rings. The van der Waals surface area contributed by atoms with Crippen LogP contribution in [-0.4, -0.2) is 22.2 Å². The number of carbonyl (C=O) groups excluding carboxylic acids is 1. The molecule has 0 saturated carbocycles. The summed E-state index contributed by atoms with van der Waals surface area (Å²) in [5.74, 6) is -1.41. The van der Waals surface area contributed by atoms with Gasteiger partial charge in [-0.1, -0.05) is 12.1 Å². The highest BCUT2D eigenvalue weighted by Crippen LogP contribution is 2.26. The van der Waals surface area contributed by atoms with Crippen molar-refractivity contribution in [1.29, 1.82) is 0 Å². The Morgan fingerprint density at radius 2 is 2.20 bits per heavy atom. The van der Waals surface area contributed by atoms with Crippen LogP contribution < -0.4 is 10.6 Å². The van der Waals surface area contributed by atoms with E-state index in [-0.39, 0.29) is 18.6 Å². The second-order valence-electron chi connectivity index (χ2n) is 5.68. The zero-order chi connectivity index (χ0) is 17.4. The Morgan fingerprint density at radius 1 is 1.32 bits per heavy atom. The number of benzene rings is 1. The van der Waals surface area contributed by atoms with Crippen molar-refractivity contribution < 1.29 is 13.6 Å². The van der Waals surface area contributed by atoms with Gasteiger partial charge < -0.3 is 5.32 Å². The Bertz CT molecular complexity index is 923. The molecule has 0 spiro atoms. The van der Waals surface area contributed by atoms with Crippen LogP contribution in [0.25, 0.3) is 10.6 Å². The summed E-state index contributed by atoms with van der Waals surface area (Å²) in [6.45, 7) is 0.528. The molecular formula is C17H14F2N4OS. The van der Waals surface area contributed by atoms with Crippen molar-refractivity contribution in [3.8, 4) is 10.6 Å². The van der Waals surface area contributed by atoms with Gasteiger partial charge in [0.25, 0.3) is 5.91 Å². The Labute approximate surface area is 146 Å². The van der Waals surface area contributed by atoms with E-state index in [1.807, 2.05) is 17.5 Å². The van der Waals surface area contributed by atoms with Crippen LogP contribution in [-0.2, 0) is 6.54 Å². The molecule has 0 aliphatic carbocycles. The molecule has 0 unspecified atom stereocenters. The minimum absolute atomic E-state index is 0.193. The minimum Gasteiger partial charge on any atom is -0.347 e. The van der Waals surface area contributed by atoms with Crippen molar-refractivity contribution in [1.82, 2.24) is 20.4 Å². The molecule has 2 N–H and O–H groups in total. The lowest BCUT2D eigenvalue weighted by Crippen LogP contribution is -2.45. The molecule has 4 rings (SSSR count). The summed E-state index contributed by atoms with van der Waals surface area (Å²) in [6, 6.07) is 9.08. The number of fused-ring (bicyclic) bond motifs is 1. The van der Waals surface area contributed by atoms with Gasteiger partial charge in [0, 0.05) is 18.2 Å². The number of rotatable bonds is 4. The molecule has 3 aromatic rings. The summed E-state index contributed by atoms with van der Waals surface area (Å²) < 4.78 is 28.4. The lowest BCUT2D eigenvalue weighted by atomic mass is 10.2. The van der Waals surface area contributed by atoms with Crippen LogP contribution in [0.5, 0.6) is 0 Å². The Morgan fingerprint density at radius 3 is 2.96 bits per heavy atom. The molecular weight excluding hydrogens is 346 g/mol. The predicted molar refractivity (Wildman–Crippen MR) is 90.1 cm³/mol. The first-order chi connectivity index (χ1) is 12.1. The van der Waals surface area contributed by atoms with Gasteiger partial charge in [-0.3, -0.25) is 10.1 Å². The molecule has 5 nitrogen and oxygen atoms in total. The summed E-state index contributed by atoms with van der Waals surface area (Å²) in [5, 5.41) is 12.4. The van der Waals surface area contributed by atoms with Crippen LogP contribution in [0.2, 0.25) is 0 Å². The van der Waals surface area contributed by atoms with Crippen LogP contribution in [0.1, 0.15) is 22.2 Å². The van der Waals surface area contributed by atoms with E-state index < -0.39 is 11.6 Å². The third-order valence-electron chi connectivity index (χ3n) is 4.04. The summed E-state index contributed by atoms with van der Waals surface area (Å²) in [7, 11) is 0. The number of thiophene rings is 1. The van der Waals surface area contributed by atoms with E-state index in [1.165, 1.54) is 12.1 Å². The molecule has 2 aromatic heterocycles. The third kappa shape index (κ3) is 3.06. The average Bonchev–Trinajstić information content (AvgIpc) is 3.25. The van der Waals surface area contributed by atoms with Gasteiger partial charge in [-0.25, -0.2) is 13.5 Å². The van der Waals surface area contributed by atoms with Crippen molar-refractivity contribution in [3.05, 3.63) is 64.7 Å². The fourth-order valence-corrected chi connectivity index (χ4v) is 3.45. The molecule has 8 heteroatoms. The van der Waals surface area contributed by atoms with E-state index in [0.717, 1.165) is 16.6 Å². The first-order valence-electron chi connectivity index (χ1n) is 7.71. The van der Waals surface area contributed by atoms with Gasteiger partial charge in [-0.05, 0) is 23.6 Å². The van der Waals surface area contributed by atoms with E-state index in [4.69, 9.17) is 0 Å². The van der Waals surface area contributed by atoms with Gasteiger partial charge in [0.1, 0.15) is 29.2 Å². The van der Waals surface area contributed by atoms with Crippen molar-refractivity contribution in [3.63, 3.8) is 0 Å². The van der Waals surface area contributed by atoms with Crippen molar-refractivity contribution in [2.75, 3.05) is 6.54 Å². The number of hydrogen-bond donors (Lipinski definition) is 2. The zero-order valence-electron chi connectivity index (χ0n) is 13.0. The zero-order valence-corrected chi connectivity index (χ0v) is 13.8. The second-order valence-corrected chi connectivity index (χ2v) is 6.63. The maximum atomic E-state index is 13.8. The number of nitrogens with zero attached hydrogens (tertiary/aromatic N) is 2. The quantitative estimate of drug-likeness (QED) is 0.752. The summed E-state index contributed by atoms with van der Waals surface area (Å²) in [6.07, 6.45) is -0.314. The SMILES string of the molecule is O=C1NC[C@H](NCc2ccc(F)cc2F)n2nc(-c3cccs3)cc21. The van der Waals surface area contributed by atoms with E-state index in [1.54, 1.807) is 22.1 Å². The molecule has 1 amide bonds. The van der Waals surface area contributed by atoms with Crippen LogP contribution >= 0.6 is 11.3 Å². The van der Waals surface area contributed by atoms with Gasteiger partial charge in [0.15, 0.2) is 0 Å². The third-order valence-corrected chi connectivity index (χ3v) is 4.93. The molecule has 1 aromatic carbocycles. The molecule has 1 atom stereocenters. The van der Waals surface area contributed by atoms with Gasteiger partial charge in [-0.15, -0.1) is 11.3 Å². The Hall–Kier alpha value is -2.58. The first kappa shape index (κ1) is 15.9. The number of amides is 1. The highest BCUT2D eigenvalue weighted by Gasteiger charge is 2.27. The standard InChI is InChI=1S/C17H14F2N4OS/c18-11-4-3-10(12(19)6-11)8-20-16-9-21-17(24)14-7-13(22-23(14)16)15-2-1-5-25-15/h1-7,16,20H,8-9H2,(H,21,24)/t16-/m1/s1. The molecule has 0 bridgehead atoms. The predicted octanol–water partition coefficient (Wildman–Crippen LogP) is 2.92. The van der Waals surface area contributed by atoms with Gasteiger partial charge in [-0.2, -0.15) is 5.10 Å². The highest BCUT2D eigenvalue weighted by molar-refractivity contribution is 7.13. The lowest BCUT2D eigenvalue weighted by Gasteiger charge is -2.25. The number of aromatic nitrogens is 2. The minimum atomic E-state index is -0.610. The first-order valence-corrected chi connectivity index (χ1v) is 8.59. The monoisotopic (exact) mass is 360 g/mol. The maximum absolute atomic E-state index is 13.8. The van der Waals surface area contributed by atoms with E-state index in [2.05, 4.69) is 15.7 Å². The summed E-state index contributed by atoms with van der Waals surface area (Å²) in [5.41, 5.74) is 1.53. The largest absolute Gasteiger partial charge is 0.347 e. The topological polar surface area (TPSA) is 59.0 Å². The molecule has 1 aliphatic heterocycles. The summed E-state index contributed by atoms with van der Waals surface area (Å²) >= 11 is 1.54. The van der Waals surface area contributed by atoms with Gasteiger partial charge in [0.05, 0.1) is 11.4 Å². The van der Waals surface area contributed by atoms with E-state index >= 15 is 0 Å². The van der Waals surface area contributed by atoms with Crippen LogP contribution in [0.4, 0.5) is 8.78 Å². The number of hydrogen-bond acceptors (Lipinski definition) is 4. The van der Waals surface area contributed by atoms with Crippen molar-refractivity contribution in [2.24, 2.45) is 0 Å². The van der Waals surface area contributed by atoms with Crippen LogP contribution in [0.15, 0.2) is 41.8 Å². The highest BCUT2D eigenvalue weighted by atomic mass is 32.1. The summed E-state index contributed by atoms with van der Waals surface area (Å²) in [4.78, 5) is 13.1. The molecule has 0 saturated heterocycles. The normalized spacial score (nSPS) is 16.6. The Balaban J connectivity index is 1.58. The lowest BCUT2D eigenvalue weighted by molar-refractivity contribution is 0.0900. The van der Waals surface area contributed by atoms with Crippen LogP contribution in [0, 0.1) is 11.6 Å². The molecule has 128 valence electrons. The number of nitrogens with one attached hydrogen (secondary N) is 2. The Kier molecular flexibility index (Phi) is 4.06. The second kappa shape index (κ2) is 6.38.